The minimum absolute atomic E-state index is 0.167. The smallest absolute Gasteiger partial charge is 0.167 e. The Morgan fingerprint density at radius 3 is 2.26 bits per heavy atom. The predicted molar refractivity (Wildman–Crippen MR) is 82.7 cm³/mol. The Morgan fingerprint density at radius 2 is 1.68 bits per heavy atom. The lowest BCUT2D eigenvalue weighted by atomic mass is 10.0. The summed E-state index contributed by atoms with van der Waals surface area (Å²) >= 11 is 3.45. The molecule has 0 aliphatic carbocycles. The molecular formula is C17H17BrO. The highest BCUT2D eigenvalue weighted by molar-refractivity contribution is 9.10. The van der Waals surface area contributed by atoms with Gasteiger partial charge in [-0.05, 0) is 42.2 Å². The first-order chi connectivity index (χ1) is 9.10. The average Bonchev–Trinajstić information content (AvgIpc) is 2.42. The van der Waals surface area contributed by atoms with E-state index in [2.05, 4.69) is 35.0 Å². The van der Waals surface area contributed by atoms with Crippen molar-refractivity contribution in [2.45, 2.75) is 26.7 Å². The van der Waals surface area contributed by atoms with Crippen LogP contribution in [-0.2, 0) is 12.8 Å². The zero-order chi connectivity index (χ0) is 13.8. The third kappa shape index (κ3) is 3.54. The molecule has 0 heterocycles. The van der Waals surface area contributed by atoms with Crippen LogP contribution in [0.25, 0.3) is 0 Å². The normalized spacial score (nSPS) is 10.5. The van der Waals surface area contributed by atoms with Gasteiger partial charge in [-0.1, -0.05) is 53.2 Å². The molecule has 0 saturated carbocycles. The maximum atomic E-state index is 12.2. The molecule has 2 heteroatoms. The van der Waals surface area contributed by atoms with Gasteiger partial charge < -0.3 is 0 Å². The third-order valence-electron chi connectivity index (χ3n) is 3.28. The standard InChI is InChI=1S/C17H17BrO/c1-3-13-4-6-14(7-5-13)11-17(19)15-8-9-16(18)12(2)10-15/h4-10H,3,11H2,1-2H3. The summed E-state index contributed by atoms with van der Waals surface area (Å²) in [6.45, 7) is 4.13. The molecule has 0 bridgehead atoms. The minimum Gasteiger partial charge on any atom is -0.294 e. The monoisotopic (exact) mass is 316 g/mol. The molecule has 19 heavy (non-hydrogen) atoms. The number of halogens is 1. The molecule has 0 spiro atoms. The van der Waals surface area contributed by atoms with Crippen LogP contribution in [0.4, 0.5) is 0 Å². The fourth-order valence-corrected chi connectivity index (χ4v) is 2.25. The minimum atomic E-state index is 0.167. The lowest BCUT2D eigenvalue weighted by molar-refractivity contribution is 0.0993. The summed E-state index contributed by atoms with van der Waals surface area (Å²) in [5, 5.41) is 0. The number of ketones is 1. The molecule has 0 amide bonds. The van der Waals surface area contributed by atoms with Gasteiger partial charge in [0, 0.05) is 16.5 Å². The maximum absolute atomic E-state index is 12.2. The summed E-state index contributed by atoms with van der Waals surface area (Å²) in [5.41, 5.74) is 4.24. The van der Waals surface area contributed by atoms with Gasteiger partial charge in [-0.15, -0.1) is 0 Å². The van der Waals surface area contributed by atoms with E-state index in [0.29, 0.717) is 6.42 Å². The first-order valence-electron chi connectivity index (χ1n) is 6.47. The second-order valence-corrected chi connectivity index (χ2v) is 5.59. The molecule has 2 rings (SSSR count). The SMILES string of the molecule is CCc1ccc(CC(=O)c2ccc(Br)c(C)c2)cc1. The highest BCUT2D eigenvalue weighted by Crippen LogP contribution is 2.18. The van der Waals surface area contributed by atoms with Crippen LogP contribution in [0, 0.1) is 6.92 Å². The van der Waals surface area contributed by atoms with E-state index in [1.165, 1.54) is 5.56 Å². The third-order valence-corrected chi connectivity index (χ3v) is 4.17. The Bertz CT molecular complexity index is 585. The molecular weight excluding hydrogens is 300 g/mol. The fraction of sp³-hybridized carbons (Fsp3) is 0.235. The van der Waals surface area contributed by atoms with E-state index in [4.69, 9.17) is 0 Å². The Hall–Kier alpha value is -1.41. The van der Waals surface area contributed by atoms with Crippen LogP contribution in [-0.4, -0.2) is 5.78 Å². The van der Waals surface area contributed by atoms with Crippen LogP contribution in [0.1, 0.15) is 34.0 Å². The summed E-state index contributed by atoms with van der Waals surface area (Å²) < 4.78 is 1.04. The summed E-state index contributed by atoms with van der Waals surface area (Å²) in [6.07, 6.45) is 1.49. The van der Waals surface area contributed by atoms with Crippen LogP contribution >= 0.6 is 15.9 Å². The van der Waals surface area contributed by atoms with E-state index in [1.54, 1.807) is 0 Å². The largest absolute Gasteiger partial charge is 0.294 e. The van der Waals surface area contributed by atoms with E-state index in [9.17, 15) is 4.79 Å². The van der Waals surface area contributed by atoms with E-state index in [-0.39, 0.29) is 5.78 Å². The summed E-state index contributed by atoms with van der Waals surface area (Å²) in [4.78, 5) is 12.2. The van der Waals surface area contributed by atoms with Crippen LogP contribution in [0.5, 0.6) is 0 Å². The van der Waals surface area contributed by atoms with E-state index in [0.717, 1.165) is 27.6 Å². The van der Waals surface area contributed by atoms with Crippen LogP contribution < -0.4 is 0 Å². The van der Waals surface area contributed by atoms with Crippen molar-refractivity contribution in [1.29, 1.82) is 0 Å². The van der Waals surface area contributed by atoms with E-state index in [1.807, 2.05) is 37.3 Å². The van der Waals surface area contributed by atoms with E-state index >= 15 is 0 Å². The molecule has 1 nitrogen and oxygen atoms in total. The molecule has 0 atom stereocenters. The van der Waals surface area contributed by atoms with Gasteiger partial charge in [-0.2, -0.15) is 0 Å². The van der Waals surface area contributed by atoms with Crippen molar-refractivity contribution < 1.29 is 4.79 Å². The lowest BCUT2D eigenvalue weighted by Gasteiger charge is -2.05. The summed E-state index contributed by atoms with van der Waals surface area (Å²) in [6, 6.07) is 14.0. The van der Waals surface area contributed by atoms with Crippen molar-refractivity contribution in [3.63, 3.8) is 0 Å². The number of hydrogen-bond acceptors (Lipinski definition) is 1. The predicted octanol–water partition coefficient (Wildman–Crippen LogP) is 4.75. The number of benzene rings is 2. The first kappa shape index (κ1) is 14.0. The maximum Gasteiger partial charge on any atom is 0.167 e. The van der Waals surface area contributed by atoms with Crippen molar-refractivity contribution in [1.82, 2.24) is 0 Å². The van der Waals surface area contributed by atoms with Crippen molar-refractivity contribution in [3.05, 3.63) is 69.2 Å². The Morgan fingerprint density at radius 1 is 1.05 bits per heavy atom. The van der Waals surface area contributed by atoms with E-state index < -0.39 is 0 Å². The number of rotatable bonds is 4. The van der Waals surface area contributed by atoms with Gasteiger partial charge in [0.25, 0.3) is 0 Å². The average molecular weight is 317 g/mol. The number of Topliss-reactive ketones (excluding diaryl/α,β-unsaturated/α-hetero) is 1. The quantitative estimate of drug-likeness (QED) is 0.744. The number of carbonyl (C=O) groups excluding carboxylic acids is 1. The van der Waals surface area contributed by atoms with Gasteiger partial charge in [-0.3, -0.25) is 4.79 Å². The van der Waals surface area contributed by atoms with Crippen molar-refractivity contribution in [2.24, 2.45) is 0 Å². The Labute approximate surface area is 122 Å². The molecule has 0 saturated heterocycles. The molecule has 0 unspecified atom stereocenters. The lowest BCUT2D eigenvalue weighted by Crippen LogP contribution is -2.04. The van der Waals surface area contributed by atoms with Crippen LogP contribution in [0.2, 0.25) is 0 Å². The van der Waals surface area contributed by atoms with Crippen LogP contribution in [0.3, 0.4) is 0 Å². The topological polar surface area (TPSA) is 17.1 Å². The van der Waals surface area contributed by atoms with Gasteiger partial charge in [-0.25, -0.2) is 0 Å². The summed E-state index contributed by atoms with van der Waals surface area (Å²) in [5.74, 6) is 0.167. The molecule has 0 aliphatic rings. The second kappa shape index (κ2) is 6.16. The van der Waals surface area contributed by atoms with Crippen molar-refractivity contribution in [2.75, 3.05) is 0 Å². The Kier molecular flexibility index (Phi) is 4.54. The van der Waals surface area contributed by atoms with Crippen LogP contribution in [0.15, 0.2) is 46.9 Å². The van der Waals surface area contributed by atoms with Crippen molar-refractivity contribution in [3.8, 4) is 0 Å². The number of hydrogen-bond donors (Lipinski definition) is 0. The molecule has 2 aromatic rings. The van der Waals surface area contributed by atoms with Gasteiger partial charge in [0.15, 0.2) is 5.78 Å². The van der Waals surface area contributed by atoms with Gasteiger partial charge in [0.1, 0.15) is 0 Å². The van der Waals surface area contributed by atoms with Crippen molar-refractivity contribution >= 4 is 21.7 Å². The fourth-order valence-electron chi connectivity index (χ4n) is 2.00. The number of aryl methyl sites for hydroxylation is 2. The second-order valence-electron chi connectivity index (χ2n) is 4.73. The van der Waals surface area contributed by atoms with Gasteiger partial charge in [0.05, 0.1) is 0 Å². The van der Waals surface area contributed by atoms with Gasteiger partial charge in [0.2, 0.25) is 0 Å². The molecule has 98 valence electrons. The highest BCUT2D eigenvalue weighted by atomic mass is 79.9. The Balaban J connectivity index is 2.13. The zero-order valence-corrected chi connectivity index (χ0v) is 12.8. The molecule has 0 radical (unpaired) electrons. The zero-order valence-electron chi connectivity index (χ0n) is 11.2. The molecule has 0 N–H and O–H groups in total. The first-order valence-corrected chi connectivity index (χ1v) is 7.26. The molecule has 0 fully saturated rings. The molecule has 0 aliphatic heterocycles. The van der Waals surface area contributed by atoms with Gasteiger partial charge >= 0.3 is 0 Å². The summed E-state index contributed by atoms with van der Waals surface area (Å²) in [7, 11) is 0. The highest BCUT2D eigenvalue weighted by Gasteiger charge is 2.08. The molecule has 0 aromatic heterocycles. The molecule has 2 aromatic carbocycles. The number of carbonyl (C=O) groups is 1.